The van der Waals surface area contributed by atoms with Gasteiger partial charge in [0.15, 0.2) is 0 Å². The molecule has 40 valence electrons. The molecule has 3 rings (SSSR count). The minimum atomic E-state index is 1.12. The summed E-state index contributed by atoms with van der Waals surface area (Å²) in [4.78, 5) is 0. The van der Waals surface area contributed by atoms with Crippen molar-refractivity contribution in [1.82, 2.24) is 0 Å². The van der Waals surface area contributed by atoms with Gasteiger partial charge in [0.1, 0.15) is 0 Å². The summed E-state index contributed by atoms with van der Waals surface area (Å²) in [6.07, 6.45) is 4.71. The third-order valence-corrected chi connectivity index (χ3v) is 3.57. The Morgan fingerprint density at radius 1 is 1.14 bits per heavy atom. The highest BCUT2D eigenvalue weighted by Crippen LogP contribution is 2.51. The van der Waals surface area contributed by atoms with Crippen LogP contribution in [0.4, 0.5) is 0 Å². The van der Waals surface area contributed by atoms with Gasteiger partial charge in [-0.15, -0.1) is 0 Å². The standard InChI is InChI=1S/C6H11P/c7-6-3-4-1-5(6)2-4/h4-6H,1-3,7H2/p+1. The van der Waals surface area contributed by atoms with E-state index in [0.717, 1.165) is 5.66 Å². The molecule has 7 heavy (non-hydrogen) atoms. The quantitative estimate of drug-likeness (QED) is 0.418. The molecule has 0 amide bonds. The van der Waals surface area contributed by atoms with E-state index in [0.29, 0.717) is 0 Å². The van der Waals surface area contributed by atoms with E-state index in [1.54, 1.807) is 19.3 Å². The predicted molar refractivity (Wildman–Crippen MR) is 35.7 cm³/mol. The van der Waals surface area contributed by atoms with E-state index in [1.807, 2.05) is 0 Å². The lowest BCUT2D eigenvalue weighted by atomic mass is 9.85. The highest BCUT2D eigenvalue weighted by molar-refractivity contribution is 7.17. The third-order valence-electron chi connectivity index (χ3n) is 2.57. The molecule has 0 aromatic heterocycles. The van der Waals surface area contributed by atoms with Crippen molar-refractivity contribution in [2.75, 3.05) is 0 Å². The molecule has 3 aliphatic carbocycles. The van der Waals surface area contributed by atoms with Crippen LogP contribution in [-0.4, -0.2) is 5.66 Å². The van der Waals surface area contributed by atoms with E-state index in [4.69, 9.17) is 0 Å². The van der Waals surface area contributed by atoms with Crippen molar-refractivity contribution in [3.8, 4) is 0 Å². The topological polar surface area (TPSA) is 0 Å². The van der Waals surface area contributed by atoms with E-state index >= 15 is 0 Å². The van der Waals surface area contributed by atoms with Crippen molar-refractivity contribution < 1.29 is 0 Å². The molecule has 0 aromatic carbocycles. The van der Waals surface area contributed by atoms with Crippen molar-refractivity contribution in [2.45, 2.75) is 24.9 Å². The Kier molecular flexibility index (Phi) is 0.758. The number of fused-ring (bicyclic) bond motifs is 1. The first-order valence-corrected chi connectivity index (χ1v) is 4.01. The molecule has 3 aliphatic rings. The maximum atomic E-state index is 2.22. The summed E-state index contributed by atoms with van der Waals surface area (Å²) >= 11 is 0. The maximum absolute atomic E-state index is 2.22. The van der Waals surface area contributed by atoms with Gasteiger partial charge in [-0.05, 0) is 40.3 Å². The predicted octanol–water partition coefficient (Wildman–Crippen LogP) is 1.39. The van der Waals surface area contributed by atoms with Crippen LogP contribution in [0.1, 0.15) is 19.3 Å². The van der Waals surface area contributed by atoms with Crippen molar-refractivity contribution >= 4 is 9.24 Å². The molecule has 2 atom stereocenters. The van der Waals surface area contributed by atoms with E-state index in [1.165, 1.54) is 11.8 Å². The second-order valence-electron chi connectivity index (χ2n) is 3.09. The lowest BCUT2D eigenvalue weighted by Crippen LogP contribution is -2.13. The molecular formula is C6H12P+. The Morgan fingerprint density at radius 3 is 2.00 bits per heavy atom. The molecule has 2 unspecified atom stereocenters. The molecule has 0 radical (unpaired) electrons. The van der Waals surface area contributed by atoms with Crippen LogP contribution in [0.2, 0.25) is 0 Å². The summed E-state index contributed by atoms with van der Waals surface area (Å²) in [6.45, 7) is 0. The van der Waals surface area contributed by atoms with Crippen molar-refractivity contribution in [3.05, 3.63) is 0 Å². The lowest BCUT2D eigenvalue weighted by molar-refractivity contribution is 0.306. The molecule has 1 heteroatoms. The normalized spacial score (nSPS) is 57.4. The van der Waals surface area contributed by atoms with E-state index < -0.39 is 0 Å². The average Bonchev–Trinajstić information content (AvgIpc) is 1.85. The summed E-state index contributed by atoms with van der Waals surface area (Å²) < 4.78 is 0. The molecule has 3 fully saturated rings. The van der Waals surface area contributed by atoms with Gasteiger partial charge in [0.25, 0.3) is 0 Å². The minimum absolute atomic E-state index is 1.12. The van der Waals surface area contributed by atoms with E-state index in [2.05, 4.69) is 9.24 Å². The Morgan fingerprint density at radius 2 is 1.86 bits per heavy atom. The average molecular weight is 115 g/mol. The highest BCUT2D eigenvalue weighted by atomic mass is 31.0. The first-order chi connectivity index (χ1) is 3.36. The Labute approximate surface area is 46.9 Å². The molecule has 0 spiro atoms. The molecule has 0 saturated heterocycles. The highest BCUT2D eigenvalue weighted by Gasteiger charge is 2.44. The zero-order chi connectivity index (χ0) is 4.85. The van der Waals surface area contributed by atoms with Gasteiger partial charge in [0, 0.05) is 0 Å². The van der Waals surface area contributed by atoms with Gasteiger partial charge >= 0.3 is 0 Å². The van der Waals surface area contributed by atoms with Gasteiger partial charge in [0.2, 0.25) is 0 Å². The fourth-order valence-electron chi connectivity index (χ4n) is 1.99. The van der Waals surface area contributed by atoms with Gasteiger partial charge in [0.05, 0.1) is 5.66 Å². The van der Waals surface area contributed by atoms with E-state index in [-0.39, 0.29) is 0 Å². The van der Waals surface area contributed by atoms with Gasteiger partial charge in [-0.3, -0.25) is 0 Å². The number of hydrogen-bond donors (Lipinski definition) is 0. The zero-order valence-corrected chi connectivity index (χ0v) is 5.97. The third kappa shape index (κ3) is 0.467. The molecule has 0 nitrogen and oxygen atoms in total. The van der Waals surface area contributed by atoms with Crippen molar-refractivity contribution in [2.24, 2.45) is 11.8 Å². The molecule has 3 saturated carbocycles. The largest absolute Gasteiger partial charge is 0.0660 e. The van der Waals surface area contributed by atoms with Crippen LogP contribution in [0, 0.1) is 11.8 Å². The molecule has 0 aromatic rings. The summed E-state index contributed by atoms with van der Waals surface area (Å²) in [7, 11) is 2.22. The van der Waals surface area contributed by atoms with Crippen LogP contribution >= 0.6 is 9.24 Å². The van der Waals surface area contributed by atoms with Crippen molar-refractivity contribution in [3.63, 3.8) is 0 Å². The monoisotopic (exact) mass is 115 g/mol. The second kappa shape index (κ2) is 1.23. The Hall–Kier alpha value is 0.430. The summed E-state index contributed by atoms with van der Waals surface area (Å²) in [6, 6.07) is 0. The van der Waals surface area contributed by atoms with Gasteiger partial charge < -0.3 is 0 Å². The lowest BCUT2D eigenvalue weighted by Gasteiger charge is -2.21. The Balaban J connectivity index is 2.13. The van der Waals surface area contributed by atoms with E-state index in [9.17, 15) is 0 Å². The fraction of sp³-hybridized carbons (Fsp3) is 1.00. The van der Waals surface area contributed by atoms with Crippen LogP contribution in [-0.2, 0) is 0 Å². The number of hydrogen-bond acceptors (Lipinski definition) is 0. The summed E-state index contributed by atoms with van der Waals surface area (Å²) in [5.74, 6) is 2.34. The van der Waals surface area contributed by atoms with Crippen LogP contribution in [0.15, 0.2) is 0 Å². The Bertz CT molecular complexity index is 84.2. The van der Waals surface area contributed by atoms with Crippen LogP contribution in [0.3, 0.4) is 0 Å². The molecule has 0 N–H and O–H groups in total. The molecular weight excluding hydrogens is 103 g/mol. The first-order valence-electron chi connectivity index (χ1n) is 3.19. The summed E-state index contributed by atoms with van der Waals surface area (Å²) in [5, 5.41) is 0. The van der Waals surface area contributed by atoms with Crippen LogP contribution < -0.4 is 0 Å². The number of rotatable bonds is 0. The first kappa shape index (κ1) is 4.32. The van der Waals surface area contributed by atoms with Gasteiger partial charge in [-0.1, -0.05) is 0 Å². The van der Waals surface area contributed by atoms with Gasteiger partial charge in [-0.2, -0.15) is 0 Å². The maximum Gasteiger partial charge on any atom is 0.0660 e. The molecule has 0 heterocycles. The minimum Gasteiger partial charge on any atom is -0.0437 e. The van der Waals surface area contributed by atoms with Gasteiger partial charge in [-0.25, -0.2) is 0 Å². The van der Waals surface area contributed by atoms with Crippen LogP contribution in [0.5, 0.6) is 0 Å². The second-order valence-corrected chi connectivity index (χ2v) is 4.14. The zero-order valence-electron chi connectivity index (χ0n) is 4.56. The molecule has 2 bridgehead atoms. The van der Waals surface area contributed by atoms with Crippen LogP contribution in [0.25, 0.3) is 0 Å². The summed E-state index contributed by atoms with van der Waals surface area (Å²) in [5.41, 5.74) is 1.12. The molecule has 0 aliphatic heterocycles. The fourth-order valence-corrected chi connectivity index (χ4v) is 2.84. The van der Waals surface area contributed by atoms with Crippen molar-refractivity contribution in [1.29, 1.82) is 0 Å². The smallest absolute Gasteiger partial charge is 0.0437 e. The SMILES string of the molecule is [PH3+]C1CC2CC1C2.